The van der Waals surface area contributed by atoms with Crippen molar-refractivity contribution in [3.8, 4) is 0 Å². The molecule has 4 aliphatic rings. The lowest BCUT2D eigenvalue weighted by atomic mass is 9.72. The number of aliphatic carboxylic acids is 1. The molecular weight excluding hydrogens is 232 g/mol. The van der Waals surface area contributed by atoms with Gasteiger partial charge >= 0.3 is 5.97 Å². The molecule has 100 valence electrons. The van der Waals surface area contributed by atoms with Crippen molar-refractivity contribution in [2.75, 3.05) is 0 Å². The van der Waals surface area contributed by atoms with E-state index in [-0.39, 0.29) is 5.60 Å². The zero-order valence-corrected chi connectivity index (χ0v) is 10.6. The van der Waals surface area contributed by atoms with Gasteiger partial charge in [-0.15, -0.1) is 0 Å². The van der Waals surface area contributed by atoms with E-state index in [1.54, 1.807) is 0 Å². The zero-order chi connectivity index (χ0) is 12.4. The average Bonchev–Trinajstić information content (AvgIpc) is 3.20. The van der Waals surface area contributed by atoms with Crippen molar-refractivity contribution in [3.63, 3.8) is 0 Å². The number of carboxylic acid groups (broad SMARTS) is 1. The summed E-state index contributed by atoms with van der Waals surface area (Å²) in [5.41, 5.74) is -1.16. The molecule has 18 heavy (non-hydrogen) atoms. The Balaban J connectivity index is 1.48. The molecule has 2 aliphatic heterocycles. The van der Waals surface area contributed by atoms with Crippen LogP contribution in [0.4, 0.5) is 0 Å². The fourth-order valence-electron chi connectivity index (χ4n) is 4.42. The fraction of sp³-hybridized carbons (Fsp3) is 0.929. The molecule has 2 aliphatic carbocycles. The minimum absolute atomic E-state index is 0.330. The number of carboxylic acids is 1. The van der Waals surface area contributed by atoms with E-state index in [4.69, 9.17) is 9.47 Å². The monoisotopic (exact) mass is 252 g/mol. The molecular formula is C14H20O4. The summed E-state index contributed by atoms with van der Waals surface area (Å²) in [7, 11) is 0. The largest absolute Gasteiger partial charge is 0.479 e. The molecule has 2 saturated heterocycles. The van der Waals surface area contributed by atoms with Crippen molar-refractivity contribution >= 4 is 5.97 Å². The highest BCUT2D eigenvalue weighted by Crippen LogP contribution is 2.61. The zero-order valence-electron chi connectivity index (χ0n) is 10.6. The van der Waals surface area contributed by atoms with Crippen LogP contribution in [-0.4, -0.2) is 34.5 Å². The summed E-state index contributed by atoms with van der Waals surface area (Å²) >= 11 is 0. The highest BCUT2D eigenvalue weighted by molar-refractivity contribution is 5.83. The molecule has 0 bridgehead atoms. The maximum atomic E-state index is 11.5. The molecule has 2 heterocycles. The summed E-state index contributed by atoms with van der Waals surface area (Å²) < 4.78 is 11.4. The van der Waals surface area contributed by atoms with E-state index in [9.17, 15) is 9.90 Å². The first-order valence-electron chi connectivity index (χ1n) is 7.24. The van der Waals surface area contributed by atoms with Gasteiger partial charge in [0, 0.05) is 0 Å². The third-order valence-corrected chi connectivity index (χ3v) is 5.50. The number of hydrogen-bond acceptors (Lipinski definition) is 3. The Hall–Kier alpha value is -0.610. The van der Waals surface area contributed by atoms with Gasteiger partial charge in [0.2, 0.25) is 0 Å². The van der Waals surface area contributed by atoms with Crippen LogP contribution >= 0.6 is 0 Å². The molecule has 4 rings (SSSR count). The number of hydrogen-bond donors (Lipinski definition) is 1. The molecule has 5 atom stereocenters. The fourth-order valence-corrected chi connectivity index (χ4v) is 4.42. The lowest BCUT2D eigenvalue weighted by Crippen LogP contribution is -2.38. The molecule has 4 nitrogen and oxygen atoms in total. The van der Waals surface area contributed by atoms with E-state index in [1.165, 1.54) is 6.42 Å². The van der Waals surface area contributed by atoms with Gasteiger partial charge in [-0.25, -0.2) is 4.79 Å². The maximum Gasteiger partial charge on any atom is 0.339 e. The Labute approximate surface area is 107 Å². The topological polar surface area (TPSA) is 62.4 Å². The van der Waals surface area contributed by atoms with Crippen LogP contribution in [0.5, 0.6) is 0 Å². The van der Waals surface area contributed by atoms with Crippen LogP contribution in [0.2, 0.25) is 0 Å². The molecule has 2 saturated carbocycles. The van der Waals surface area contributed by atoms with E-state index in [0.29, 0.717) is 24.5 Å². The van der Waals surface area contributed by atoms with Crippen molar-refractivity contribution in [2.24, 2.45) is 5.92 Å². The van der Waals surface area contributed by atoms with Gasteiger partial charge in [-0.1, -0.05) is 6.42 Å². The van der Waals surface area contributed by atoms with Crippen molar-refractivity contribution in [1.82, 2.24) is 0 Å². The molecule has 0 aromatic carbocycles. The molecule has 0 radical (unpaired) electrons. The molecule has 4 fully saturated rings. The summed E-state index contributed by atoms with van der Waals surface area (Å²) in [5, 5.41) is 9.44. The first-order chi connectivity index (χ1) is 8.65. The number of carbonyl (C=O) groups is 1. The number of rotatable bonds is 3. The predicted octanol–water partition coefficient (Wildman–Crippen LogP) is 2.11. The Morgan fingerprint density at radius 1 is 1.22 bits per heavy atom. The molecule has 0 amide bonds. The third-order valence-electron chi connectivity index (χ3n) is 5.50. The third kappa shape index (κ3) is 1.42. The van der Waals surface area contributed by atoms with Gasteiger partial charge in [0.25, 0.3) is 0 Å². The van der Waals surface area contributed by atoms with Gasteiger partial charge in [-0.2, -0.15) is 0 Å². The second kappa shape index (κ2) is 3.48. The molecule has 0 spiro atoms. The van der Waals surface area contributed by atoms with Gasteiger partial charge in [-0.3, -0.25) is 0 Å². The Bertz CT molecular complexity index is 395. The Morgan fingerprint density at radius 2 is 2.06 bits per heavy atom. The number of ether oxygens (including phenoxy) is 2. The van der Waals surface area contributed by atoms with Crippen LogP contribution in [0.1, 0.15) is 51.4 Å². The predicted molar refractivity (Wildman–Crippen MR) is 63.3 cm³/mol. The van der Waals surface area contributed by atoms with Crippen LogP contribution in [-0.2, 0) is 14.3 Å². The minimum atomic E-state index is -0.827. The minimum Gasteiger partial charge on any atom is -0.479 e. The van der Waals surface area contributed by atoms with E-state index >= 15 is 0 Å². The Morgan fingerprint density at radius 3 is 2.83 bits per heavy atom. The summed E-state index contributed by atoms with van der Waals surface area (Å²) in [6.07, 6.45) is 9.14. The van der Waals surface area contributed by atoms with Gasteiger partial charge in [-0.05, 0) is 50.9 Å². The summed E-state index contributed by atoms with van der Waals surface area (Å²) in [4.78, 5) is 11.5. The number of epoxide rings is 2. The van der Waals surface area contributed by atoms with Crippen molar-refractivity contribution < 1.29 is 19.4 Å². The summed E-state index contributed by atoms with van der Waals surface area (Å²) in [6, 6.07) is 0. The van der Waals surface area contributed by atoms with E-state index in [2.05, 4.69) is 0 Å². The molecule has 0 aromatic heterocycles. The van der Waals surface area contributed by atoms with Crippen molar-refractivity contribution in [2.45, 2.75) is 74.8 Å². The smallest absolute Gasteiger partial charge is 0.339 e. The SMILES string of the molecule is O=C(O)C12CCCCC1(CC1CCC3OC3C1)O2. The standard InChI is InChI=1S/C14H20O4/c15-12(16)14-6-2-1-5-13(14,18-14)8-9-3-4-10-11(7-9)17-10/h9-11H,1-8H2,(H,15,16). The normalized spacial score (nSPS) is 53.2. The second-order valence-electron chi connectivity index (χ2n) is 6.53. The molecule has 1 N–H and O–H groups in total. The second-order valence-corrected chi connectivity index (χ2v) is 6.53. The van der Waals surface area contributed by atoms with Crippen LogP contribution in [0.3, 0.4) is 0 Å². The van der Waals surface area contributed by atoms with Crippen molar-refractivity contribution in [1.29, 1.82) is 0 Å². The first kappa shape index (κ1) is 11.2. The lowest BCUT2D eigenvalue weighted by molar-refractivity contribution is -0.143. The van der Waals surface area contributed by atoms with Crippen LogP contribution in [0, 0.1) is 5.92 Å². The van der Waals surface area contributed by atoms with Crippen LogP contribution in [0.25, 0.3) is 0 Å². The quantitative estimate of drug-likeness (QED) is 0.781. The van der Waals surface area contributed by atoms with E-state index in [1.807, 2.05) is 0 Å². The van der Waals surface area contributed by atoms with Gasteiger partial charge in [0.05, 0.1) is 12.2 Å². The van der Waals surface area contributed by atoms with Gasteiger partial charge in [0.15, 0.2) is 5.60 Å². The Kier molecular flexibility index (Phi) is 2.17. The number of fused-ring (bicyclic) bond motifs is 2. The molecule has 0 aromatic rings. The summed E-state index contributed by atoms with van der Waals surface area (Å²) in [6.45, 7) is 0. The molecule has 4 heteroatoms. The van der Waals surface area contributed by atoms with Crippen LogP contribution in [0.15, 0.2) is 0 Å². The van der Waals surface area contributed by atoms with E-state index < -0.39 is 11.6 Å². The lowest BCUT2D eigenvalue weighted by Gasteiger charge is -2.27. The molecule has 5 unspecified atom stereocenters. The maximum absolute atomic E-state index is 11.5. The first-order valence-corrected chi connectivity index (χ1v) is 7.24. The van der Waals surface area contributed by atoms with Crippen molar-refractivity contribution in [3.05, 3.63) is 0 Å². The van der Waals surface area contributed by atoms with Gasteiger partial charge in [0.1, 0.15) is 5.60 Å². The highest BCUT2D eigenvalue weighted by Gasteiger charge is 2.75. The van der Waals surface area contributed by atoms with E-state index in [0.717, 1.165) is 38.5 Å². The average molecular weight is 252 g/mol. The van der Waals surface area contributed by atoms with Gasteiger partial charge < -0.3 is 14.6 Å². The summed E-state index contributed by atoms with van der Waals surface area (Å²) in [5.74, 6) is -0.133. The van der Waals surface area contributed by atoms with Crippen LogP contribution < -0.4 is 0 Å². The highest BCUT2D eigenvalue weighted by atomic mass is 16.7.